The van der Waals surface area contributed by atoms with Crippen LogP contribution in [0.15, 0.2) is 29.2 Å². The first-order valence-corrected chi connectivity index (χ1v) is 12.2. The van der Waals surface area contributed by atoms with E-state index in [1.54, 1.807) is 17.0 Å². The molecule has 1 saturated heterocycles. The fourth-order valence-electron chi connectivity index (χ4n) is 4.09. The number of benzene rings is 1. The van der Waals surface area contributed by atoms with E-state index < -0.39 is 9.84 Å². The number of nitrogens with zero attached hydrogens (tertiary/aromatic N) is 4. The number of tetrazole rings is 1. The van der Waals surface area contributed by atoms with Gasteiger partial charge in [0, 0.05) is 6.42 Å². The zero-order valence-electron chi connectivity index (χ0n) is 17.9. The summed E-state index contributed by atoms with van der Waals surface area (Å²) in [6.45, 7) is 14.1. The molecule has 1 fully saturated rings. The van der Waals surface area contributed by atoms with E-state index in [-0.39, 0.29) is 11.9 Å². The quantitative estimate of drug-likeness (QED) is 0.588. The zero-order valence-corrected chi connectivity index (χ0v) is 18.7. The molecule has 3 rings (SSSR count). The normalized spacial score (nSPS) is 21.4. The third-order valence-electron chi connectivity index (χ3n) is 5.84. The topological polar surface area (TPSA) is 86.6 Å². The molecule has 1 aliphatic rings. The molecule has 0 bridgehead atoms. The van der Waals surface area contributed by atoms with Crippen LogP contribution in [0.4, 0.5) is 0 Å². The van der Waals surface area contributed by atoms with E-state index >= 15 is 0 Å². The molecule has 0 radical (unpaired) electrons. The van der Waals surface area contributed by atoms with Gasteiger partial charge in [-0.15, -0.1) is 5.10 Å². The van der Waals surface area contributed by atoms with E-state index in [1.165, 1.54) is 9.58 Å². The van der Waals surface area contributed by atoms with E-state index in [1.807, 2.05) is 19.1 Å². The largest absolute Gasteiger partial charge is 0.326 e. The Kier molecular flexibility index (Phi) is 7.02. The highest BCUT2D eigenvalue weighted by Crippen LogP contribution is 2.19. The van der Waals surface area contributed by atoms with Gasteiger partial charge >= 0.3 is 0 Å². The summed E-state index contributed by atoms with van der Waals surface area (Å²) in [4.78, 5) is 3.38. The third-order valence-corrected chi connectivity index (χ3v) is 7.42. The summed E-state index contributed by atoms with van der Waals surface area (Å²) in [6, 6.07) is 7.04. The predicted molar refractivity (Wildman–Crippen MR) is 110 cm³/mol. The van der Waals surface area contributed by atoms with Crippen LogP contribution in [0, 0.1) is 12.8 Å². The summed E-state index contributed by atoms with van der Waals surface area (Å²) >= 11 is 0. The SMILES string of the molecule is CC[NH+]1CC[NH+]([C@H](CC(C)C)c2nnnn2CS(=O)(=O)c2ccc(C)cc2)CC1. The number of sulfone groups is 1. The molecule has 1 atom stereocenters. The van der Waals surface area contributed by atoms with Crippen molar-refractivity contribution in [1.82, 2.24) is 20.2 Å². The molecule has 1 aliphatic heterocycles. The van der Waals surface area contributed by atoms with Crippen LogP contribution in [0.25, 0.3) is 0 Å². The molecule has 29 heavy (non-hydrogen) atoms. The van der Waals surface area contributed by atoms with Gasteiger partial charge in [0.15, 0.2) is 21.8 Å². The standard InChI is InChI=1S/C20H32N6O2S/c1-5-24-10-12-25(13-11-24)19(14-16(2)3)20-21-22-23-26(20)15-29(27,28)18-8-6-17(4)7-9-18/h6-9,16,19H,5,10-15H2,1-4H3/p+2/t19-/m1/s1. The summed E-state index contributed by atoms with van der Waals surface area (Å²) in [5.74, 6) is 0.930. The van der Waals surface area contributed by atoms with E-state index in [2.05, 4.69) is 36.3 Å². The molecule has 0 spiro atoms. The molecule has 1 aromatic carbocycles. The fraction of sp³-hybridized carbons (Fsp3) is 0.650. The van der Waals surface area contributed by atoms with E-state index in [0.717, 1.165) is 44.7 Å². The maximum absolute atomic E-state index is 12.9. The number of aryl methyl sites for hydroxylation is 1. The van der Waals surface area contributed by atoms with Gasteiger partial charge < -0.3 is 9.80 Å². The monoisotopic (exact) mass is 422 g/mol. The Morgan fingerprint density at radius 3 is 2.34 bits per heavy atom. The summed E-state index contributed by atoms with van der Waals surface area (Å²) < 4.78 is 27.4. The van der Waals surface area contributed by atoms with Crippen molar-refractivity contribution < 1.29 is 18.2 Å². The highest BCUT2D eigenvalue weighted by molar-refractivity contribution is 7.90. The van der Waals surface area contributed by atoms with Crippen LogP contribution in [-0.2, 0) is 15.7 Å². The number of likely N-dealkylation sites (N-methyl/N-ethyl adjacent to an activating group) is 1. The van der Waals surface area contributed by atoms with Crippen LogP contribution in [0.1, 0.15) is 44.6 Å². The second-order valence-corrected chi connectivity index (χ2v) is 10.5. The van der Waals surface area contributed by atoms with Gasteiger partial charge in [0.1, 0.15) is 26.2 Å². The Balaban J connectivity index is 1.84. The lowest BCUT2D eigenvalue weighted by atomic mass is 10.0. The molecule has 1 aromatic heterocycles. The first-order chi connectivity index (χ1) is 13.8. The van der Waals surface area contributed by atoms with Crippen LogP contribution in [0.2, 0.25) is 0 Å². The summed E-state index contributed by atoms with van der Waals surface area (Å²) in [5, 5.41) is 12.2. The smallest absolute Gasteiger partial charge is 0.210 e. The van der Waals surface area contributed by atoms with E-state index in [4.69, 9.17) is 0 Å². The van der Waals surface area contributed by atoms with Crippen molar-refractivity contribution in [3.8, 4) is 0 Å². The van der Waals surface area contributed by atoms with Gasteiger partial charge in [-0.05, 0) is 42.3 Å². The number of quaternary nitrogens is 2. The Bertz CT molecular complexity index is 886. The van der Waals surface area contributed by atoms with Crippen molar-refractivity contribution in [1.29, 1.82) is 0 Å². The van der Waals surface area contributed by atoms with E-state index in [0.29, 0.717) is 16.6 Å². The first kappa shape index (κ1) is 21.9. The Hall–Kier alpha value is -1.84. The van der Waals surface area contributed by atoms with Crippen molar-refractivity contribution in [2.75, 3.05) is 32.7 Å². The van der Waals surface area contributed by atoms with Crippen molar-refractivity contribution in [3.63, 3.8) is 0 Å². The van der Waals surface area contributed by atoms with Crippen molar-refractivity contribution in [2.45, 2.75) is 50.9 Å². The van der Waals surface area contributed by atoms with Gasteiger partial charge in [0.25, 0.3) is 0 Å². The third kappa shape index (κ3) is 5.40. The minimum atomic E-state index is -3.52. The molecule has 0 unspecified atom stereocenters. The molecule has 8 nitrogen and oxygen atoms in total. The second kappa shape index (κ2) is 9.32. The lowest BCUT2D eigenvalue weighted by Crippen LogP contribution is -3.28. The van der Waals surface area contributed by atoms with Crippen LogP contribution in [-0.4, -0.2) is 61.3 Å². The van der Waals surface area contributed by atoms with Gasteiger partial charge in [-0.3, -0.25) is 0 Å². The highest BCUT2D eigenvalue weighted by Gasteiger charge is 2.35. The summed E-state index contributed by atoms with van der Waals surface area (Å²) in [7, 11) is -3.52. The Labute approximate surface area is 173 Å². The molecule has 2 heterocycles. The van der Waals surface area contributed by atoms with Gasteiger partial charge in [0.2, 0.25) is 5.82 Å². The fourth-order valence-corrected chi connectivity index (χ4v) is 5.29. The summed E-state index contributed by atoms with van der Waals surface area (Å²) in [5.41, 5.74) is 1.03. The molecule has 0 amide bonds. The Morgan fingerprint density at radius 1 is 1.10 bits per heavy atom. The van der Waals surface area contributed by atoms with Crippen molar-refractivity contribution in [3.05, 3.63) is 35.7 Å². The highest BCUT2D eigenvalue weighted by atomic mass is 32.2. The minimum Gasteiger partial charge on any atom is -0.326 e. The second-order valence-electron chi connectivity index (χ2n) is 8.54. The number of hydrogen-bond acceptors (Lipinski definition) is 5. The zero-order chi connectivity index (χ0) is 21.0. The average Bonchev–Trinajstić information content (AvgIpc) is 3.13. The predicted octanol–water partition coefficient (Wildman–Crippen LogP) is -0.697. The molecule has 2 aromatic rings. The van der Waals surface area contributed by atoms with Crippen LogP contribution in [0.3, 0.4) is 0 Å². The molecular weight excluding hydrogens is 388 g/mol. The lowest BCUT2D eigenvalue weighted by Gasteiger charge is -2.34. The molecule has 9 heteroatoms. The van der Waals surface area contributed by atoms with Crippen molar-refractivity contribution in [2.24, 2.45) is 5.92 Å². The van der Waals surface area contributed by atoms with Crippen molar-refractivity contribution >= 4 is 9.84 Å². The molecule has 2 N–H and O–H groups in total. The van der Waals surface area contributed by atoms with Gasteiger partial charge in [0.05, 0.1) is 11.4 Å². The van der Waals surface area contributed by atoms with Gasteiger partial charge in [-0.2, -0.15) is 0 Å². The van der Waals surface area contributed by atoms with Gasteiger partial charge in [-0.1, -0.05) is 31.5 Å². The van der Waals surface area contributed by atoms with Crippen LogP contribution in [0.5, 0.6) is 0 Å². The number of nitrogens with one attached hydrogen (secondary N) is 2. The molecule has 160 valence electrons. The number of piperazine rings is 1. The maximum atomic E-state index is 12.9. The lowest BCUT2D eigenvalue weighted by molar-refractivity contribution is -1.03. The number of hydrogen-bond donors (Lipinski definition) is 2. The molecule has 0 saturated carbocycles. The average molecular weight is 423 g/mol. The molecular formula is C20H34N6O2S+2. The maximum Gasteiger partial charge on any atom is 0.210 e. The minimum absolute atomic E-state index is 0.108. The molecule has 0 aliphatic carbocycles. The van der Waals surface area contributed by atoms with E-state index in [9.17, 15) is 8.42 Å². The number of rotatable bonds is 8. The Morgan fingerprint density at radius 2 is 1.76 bits per heavy atom. The van der Waals surface area contributed by atoms with Gasteiger partial charge in [-0.25, -0.2) is 13.1 Å². The van der Waals surface area contributed by atoms with Crippen LogP contribution >= 0.6 is 0 Å². The summed E-state index contributed by atoms with van der Waals surface area (Å²) in [6.07, 6.45) is 0.932. The van der Waals surface area contributed by atoms with Crippen LogP contribution < -0.4 is 9.80 Å². The number of aromatic nitrogens is 4. The first-order valence-electron chi connectivity index (χ1n) is 10.5.